The van der Waals surface area contributed by atoms with E-state index < -0.39 is 0 Å². The minimum Gasteiger partial charge on any atom is -0.351 e. The number of likely N-dealkylation sites (N-methyl/N-ethyl adjacent to an activating group) is 1. The van der Waals surface area contributed by atoms with Crippen LogP contribution in [-0.4, -0.2) is 38.5 Å². The van der Waals surface area contributed by atoms with E-state index in [1.54, 1.807) is 12.1 Å². The zero-order valence-electron chi connectivity index (χ0n) is 12.8. The first-order chi connectivity index (χ1) is 9.93. The van der Waals surface area contributed by atoms with Gasteiger partial charge in [0.25, 0.3) is 11.8 Å². The number of hydrogen-bond acceptors (Lipinski definition) is 2. The predicted molar refractivity (Wildman–Crippen MR) is 84.7 cm³/mol. The molecule has 1 unspecified atom stereocenters. The zero-order chi connectivity index (χ0) is 15.8. The van der Waals surface area contributed by atoms with Crippen molar-refractivity contribution < 1.29 is 14.5 Å². The van der Waals surface area contributed by atoms with Gasteiger partial charge in [-0.1, -0.05) is 24.6 Å². The van der Waals surface area contributed by atoms with Crippen molar-refractivity contribution in [2.45, 2.75) is 20.3 Å². The van der Waals surface area contributed by atoms with E-state index >= 15 is 0 Å². The zero-order valence-corrected chi connectivity index (χ0v) is 13.5. The summed E-state index contributed by atoms with van der Waals surface area (Å²) in [6, 6.07) is 5.38. The van der Waals surface area contributed by atoms with Crippen LogP contribution in [0.3, 0.4) is 0 Å². The summed E-state index contributed by atoms with van der Waals surface area (Å²) in [6.07, 6.45) is 0.902. The third-order valence-electron chi connectivity index (χ3n) is 3.04. The molecular formula is C15H23ClN3O2+. The van der Waals surface area contributed by atoms with Crippen LogP contribution in [0.15, 0.2) is 18.2 Å². The summed E-state index contributed by atoms with van der Waals surface area (Å²) in [7, 11) is 1.82. The Kier molecular flexibility index (Phi) is 7.19. The normalized spacial score (nSPS) is 11.8. The maximum absolute atomic E-state index is 12.0. The van der Waals surface area contributed by atoms with Gasteiger partial charge in [-0.05, 0) is 31.0 Å². The van der Waals surface area contributed by atoms with Crippen molar-refractivity contribution in [3.63, 3.8) is 0 Å². The fraction of sp³-hybridized carbons (Fsp3) is 0.467. The molecule has 5 nitrogen and oxygen atoms in total. The summed E-state index contributed by atoms with van der Waals surface area (Å²) in [5.41, 5.74) is 1.54. The number of amides is 2. The molecule has 116 valence electrons. The van der Waals surface area contributed by atoms with Crippen molar-refractivity contribution in [2.24, 2.45) is 0 Å². The van der Waals surface area contributed by atoms with E-state index in [4.69, 9.17) is 11.6 Å². The van der Waals surface area contributed by atoms with Gasteiger partial charge >= 0.3 is 0 Å². The number of quaternary nitrogens is 1. The third kappa shape index (κ3) is 6.14. The van der Waals surface area contributed by atoms with E-state index in [9.17, 15) is 9.59 Å². The first kappa shape index (κ1) is 17.5. The van der Waals surface area contributed by atoms with Gasteiger partial charge in [-0.25, -0.2) is 0 Å². The molecule has 2 amide bonds. The second-order valence-corrected chi connectivity index (χ2v) is 5.53. The lowest BCUT2D eigenvalue weighted by Gasteiger charge is -2.14. The number of rotatable bonds is 7. The van der Waals surface area contributed by atoms with Gasteiger partial charge in [0, 0.05) is 17.3 Å². The van der Waals surface area contributed by atoms with Gasteiger partial charge in [-0.15, -0.1) is 0 Å². The molecule has 3 N–H and O–H groups in total. The van der Waals surface area contributed by atoms with Crippen molar-refractivity contribution in [2.75, 3.05) is 32.0 Å². The van der Waals surface area contributed by atoms with Crippen LogP contribution in [0.2, 0.25) is 5.02 Å². The van der Waals surface area contributed by atoms with Gasteiger partial charge in [-0.3, -0.25) is 9.59 Å². The first-order valence-corrected chi connectivity index (χ1v) is 7.44. The molecule has 21 heavy (non-hydrogen) atoms. The van der Waals surface area contributed by atoms with Gasteiger partial charge in [-0.2, -0.15) is 0 Å². The van der Waals surface area contributed by atoms with E-state index in [0.717, 1.165) is 16.9 Å². The fourth-order valence-electron chi connectivity index (χ4n) is 1.87. The number of anilines is 1. The minimum absolute atomic E-state index is 0.0407. The standard InChI is InChI=1S/C15H22ClN3O2/c1-4-8-17-14(20)9-19(3)10-15(21)18-13-7-5-6-12(16)11(13)2/h5-7H,4,8-10H2,1-3H3,(H,17,20)(H,18,21)/p+1. The van der Waals surface area contributed by atoms with Gasteiger partial charge in [0.2, 0.25) is 0 Å². The van der Waals surface area contributed by atoms with Crippen LogP contribution >= 0.6 is 11.6 Å². The molecule has 1 rings (SSSR count). The Morgan fingerprint density at radius 1 is 1.24 bits per heavy atom. The highest BCUT2D eigenvalue weighted by Gasteiger charge is 2.14. The molecule has 0 saturated heterocycles. The second-order valence-electron chi connectivity index (χ2n) is 5.12. The van der Waals surface area contributed by atoms with Crippen molar-refractivity contribution >= 4 is 29.1 Å². The molecule has 0 heterocycles. The van der Waals surface area contributed by atoms with Crippen LogP contribution in [0, 0.1) is 6.92 Å². The summed E-state index contributed by atoms with van der Waals surface area (Å²) in [6.45, 7) is 5.03. The van der Waals surface area contributed by atoms with Crippen molar-refractivity contribution in [3.05, 3.63) is 28.8 Å². The van der Waals surface area contributed by atoms with Gasteiger partial charge in [0.15, 0.2) is 13.1 Å². The van der Waals surface area contributed by atoms with Crippen molar-refractivity contribution in [1.29, 1.82) is 0 Å². The van der Waals surface area contributed by atoms with Gasteiger partial charge in [0.1, 0.15) is 0 Å². The van der Waals surface area contributed by atoms with E-state index in [-0.39, 0.29) is 24.9 Å². The lowest BCUT2D eigenvalue weighted by Crippen LogP contribution is -3.11. The van der Waals surface area contributed by atoms with Crippen molar-refractivity contribution in [3.8, 4) is 0 Å². The smallest absolute Gasteiger partial charge is 0.279 e. The van der Waals surface area contributed by atoms with Crippen LogP contribution in [0.5, 0.6) is 0 Å². The Bertz CT molecular complexity index is 506. The molecule has 0 aliphatic heterocycles. The maximum Gasteiger partial charge on any atom is 0.279 e. The molecule has 0 aromatic heterocycles. The summed E-state index contributed by atoms with van der Waals surface area (Å²) in [5.74, 6) is -0.178. The molecular weight excluding hydrogens is 290 g/mol. The molecule has 0 aliphatic rings. The number of hydrogen-bond donors (Lipinski definition) is 3. The van der Waals surface area contributed by atoms with E-state index in [1.165, 1.54) is 0 Å². The average Bonchev–Trinajstić information content (AvgIpc) is 2.41. The fourth-order valence-corrected chi connectivity index (χ4v) is 2.05. The number of benzene rings is 1. The van der Waals surface area contributed by atoms with Crippen LogP contribution in [-0.2, 0) is 9.59 Å². The Morgan fingerprint density at radius 2 is 1.90 bits per heavy atom. The quantitative estimate of drug-likeness (QED) is 0.691. The van der Waals surface area contributed by atoms with E-state index in [1.807, 2.05) is 27.0 Å². The molecule has 0 radical (unpaired) electrons. The van der Waals surface area contributed by atoms with Crippen LogP contribution in [0.25, 0.3) is 0 Å². The molecule has 1 atom stereocenters. The van der Waals surface area contributed by atoms with Crippen LogP contribution in [0.4, 0.5) is 5.69 Å². The molecule has 0 fully saturated rings. The number of carbonyl (C=O) groups excluding carboxylic acids is 2. The molecule has 1 aromatic carbocycles. The Morgan fingerprint density at radius 3 is 2.57 bits per heavy atom. The number of nitrogens with one attached hydrogen (secondary N) is 3. The first-order valence-electron chi connectivity index (χ1n) is 7.07. The van der Waals surface area contributed by atoms with Crippen molar-refractivity contribution in [1.82, 2.24) is 5.32 Å². The average molecular weight is 313 g/mol. The highest BCUT2D eigenvalue weighted by Crippen LogP contribution is 2.22. The molecule has 0 saturated carbocycles. The summed E-state index contributed by atoms with van der Waals surface area (Å²) in [4.78, 5) is 24.4. The second kappa shape index (κ2) is 8.64. The number of halogens is 1. The minimum atomic E-state index is -0.138. The Balaban J connectivity index is 2.46. The molecule has 0 aliphatic carbocycles. The summed E-state index contributed by atoms with van der Waals surface area (Å²) < 4.78 is 0. The van der Waals surface area contributed by atoms with Crippen LogP contribution in [0.1, 0.15) is 18.9 Å². The molecule has 0 bridgehead atoms. The molecule has 6 heteroatoms. The predicted octanol–water partition coefficient (Wildman–Crippen LogP) is 0.628. The molecule has 1 aromatic rings. The Labute approximate surface area is 130 Å². The van der Waals surface area contributed by atoms with E-state index in [2.05, 4.69) is 10.6 Å². The molecule has 0 spiro atoms. The van der Waals surface area contributed by atoms with Gasteiger partial charge < -0.3 is 15.5 Å². The third-order valence-corrected chi connectivity index (χ3v) is 3.45. The highest BCUT2D eigenvalue weighted by atomic mass is 35.5. The number of carbonyl (C=O) groups is 2. The summed E-state index contributed by atoms with van der Waals surface area (Å²) in [5, 5.41) is 6.23. The maximum atomic E-state index is 12.0. The monoisotopic (exact) mass is 312 g/mol. The van der Waals surface area contributed by atoms with E-state index in [0.29, 0.717) is 17.3 Å². The topological polar surface area (TPSA) is 62.6 Å². The largest absolute Gasteiger partial charge is 0.351 e. The highest BCUT2D eigenvalue weighted by molar-refractivity contribution is 6.31. The lowest BCUT2D eigenvalue weighted by atomic mass is 10.2. The Hall–Kier alpha value is -1.59. The van der Waals surface area contributed by atoms with Crippen LogP contribution < -0.4 is 15.5 Å². The lowest BCUT2D eigenvalue weighted by molar-refractivity contribution is -0.862. The van der Waals surface area contributed by atoms with Gasteiger partial charge in [0.05, 0.1) is 7.05 Å². The SMILES string of the molecule is CCCNC(=O)C[NH+](C)CC(=O)Nc1cccc(Cl)c1C. The summed E-state index contributed by atoms with van der Waals surface area (Å²) >= 11 is 6.01.